The standard InChI is InChI=1S/C12H21N3O5/c1-9(6-14-4-2-3-5-14)13-12(20)15(7-10(16)17)8-11(18)19/h9H,2-8H2,1H3,(H,13,20)(H,16,17)(H,18,19). The lowest BCUT2D eigenvalue weighted by Crippen LogP contribution is -2.50. The van der Waals surface area contributed by atoms with Crippen molar-refractivity contribution in [1.82, 2.24) is 15.1 Å². The van der Waals surface area contributed by atoms with E-state index in [1.54, 1.807) is 0 Å². The molecule has 0 aliphatic carbocycles. The van der Waals surface area contributed by atoms with Gasteiger partial charge in [-0.15, -0.1) is 0 Å². The monoisotopic (exact) mass is 287 g/mol. The van der Waals surface area contributed by atoms with Crippen molar-refractivity contribution in [2.45, 2.75) is 25.8 Å². The Kier molecular flexibility index (Phi) is 6.23. The van der Waals surface area contributed by atoms with Gasteiger partial charge < -0.3 is 25.3 Å². The number of urea groups is 1. The maximum atomic E-state index is 11.9. The minimum atomic E-state index is -1.24. The van der Waals surface area contributed by atoms with Gasteiger partial charge in [-0.25, -0.2) is 4.79 Å². The third-order valence-electron chi connectivity index (χ3n) is 3.04. The zero-order valence-electron chi connectivity index (χ0n) is 11.5. The molecule has 20 heavy (non-hydrogen) atoms. The first-order valence-corrected chi connectivity index (χ1v) is 6.60. The Hall–Kier alpha value is -1.83. The van der Waals surface area contributed by atoms with Crippen molar-refractivity contribution in [3.8, 4) is 0 Å². The van der Waals surface area contributed by atoms with E-state index in [4.69, 9.17) is 10.2 Å². The molecule has 0 bridgehead atoms. The summed E-state index contributed by atoms with van der Waals surface area (Å²) in [5.41, 5.74) is 0. The molecule has 1 rings (SSSR count). The Labute approximate surface area is 117 Å². The summed E-state index contributed by atoms with van der Waals surface area (Å²) in [4.78, 5) is 36.1. The quantitative estimate of drug-likeness (QED) is 0.590. The van der Waals surface area contributed by atoms with Crippen LogP contribution in [-0.4, -0.2) is 76.7 Å². The lowest BCUT2D eigenvalue weighted by molar-refractivity contribution is -0.140. The number of carboxylic acids is 2. The van der Waals surface area contributed by atoms with Crippen LogP contribution in [0.3, 0.4) is 0 Å². The molecule has 1 aliphatic heterocycles. The van der Waals surface area contributed by atoms with Crippen molar-refractivity contribution >= 4 is 18.0 Å². The lowest BCUT2D eigenvalue weighted by Gasteiger charge is -2.25. The number of hydrogen-bond acceptors (Lipinski definition) is 4. The van der Waals surface area contributed by atoms with Crippen LogP contribution in [0.4, 0.5) is 4.79 Å². The first-order valence-electron chi connectivity index (χ1n) is 6.60. The summed E-state index contributed by atoms with van der Waals surface area (Å²) in [6, 6.07) is -0.827. The van der Waals surface area contributed by atoms with E-state index in [-0.39, 0.29) is 6.04 Å². The second kappa shape index (κ2) is 7.68. The summed E-state index contributed by atoms with van der Waals surface area (Å²) >= 11 is 0. The number of rotatable bonds is 7. The third kappa shape index (κ3) is 5.87. The highest BCUT2D eigenvalue weighted by Gasteiger charge is 2.22. The van der Waals surface area contributed by atoms with E-state index in [1.807, 2.05) is 6.92 Å². The van der Waals surface area contributed by atoms with Crippen molar-refractivity contribution in [3.05, 3.63) is 0 Å². The van der Waals surface area contributed by atoms with Gasteiger partial charge in [0.05, 0.1) is 0 Å². The predicted molar refractivity (Wildman–Crippen MR) is 70.5 cm³/mol. The highest BCUT2D eigenvalue weighted by atomic mass is 16.4. The fraction of sp³-hybridized carbons (Fsp3) is 0.750. The lowest BCUT2D eigenvalue weighted by atomic mass is 10.3. The van der Waals surface area contributed by atoms with E-state index in [1.165, 1.54) is 0 Å². The molecule has 0 saturated carbocycles. The third-order valence-corrected chi connectivity index (χ3v) is 3.04. The van der Waals surface area contributed by atoms with Crippen LogP contribution in [0.25, 0.3) is 0 Å². The molecule has 0 aromatic rings. The molecule has 2 amide bonds. The topological polar surface area (TPSA) is 110 Å². The van der Waals surface area contributed by atoms with Gasteiger partial charge in [-0.3, -0.25) is 9.59 Å². The minimum absolute atomic E-state index is 0.161. The smallest absolute Gasteiger partial charge is 0.323 e. The number of nitrogens with one attached hydrogen (secondary N) is 1. The molecule has 114 valence electrons. The normalized spacial score (nSPS) is 16.6. The number of aliphatic carboxylic acids is 2. The first-order chi connectivity index (χ1) is 9.38. The molecule has 0 radical (unpaired) electrons. The molecule has 0 aromatic heterocycles. The molecular weight excluding hydrogens is 266 g/mol. The highest BCUT2D eigenvalue weighted by molar-refractivity contribution is 5.84. The number of carbonyl (C=O) groups excluding carboxylic acids is 1. The molecule has 0 spiro atoms. The average Bonchev–Trinajstić information content (AvgIpc) is 2.79. The molecular formula is C12H21N3O5. The van der Waals surface area contributed by atoms with Crippen LogP contribution in [0, 0.1) is 0 Å². The van der Waals surface area contributed by atoms with E-state index < -0.39 is 31.1 Å². The van der Waals surface area contributed by atoms with Crippen molar-refractivity contribution in [2.75, 3.05) is 32.7 Å². The molecule has 3 N–H and O–H groups in total. The minimum Gasteiger partial charge on any atom is -0.480 e. The maximum absolute atomic E-state index is 11.9. The second-order valence-electron chi connectivity index (χ2n) is 5.00. The fourth-order valence-corrected chi connectivity index (χ4v) is 2.23. The van der Waals surface area contributed by atoms with Crippen molar-refractivity contribution in [1.29, 1.82) is 0 Å². The Morgan fingerprint density at radius 3 is 2.10 bits per heavy atom. The van der Waals surface area contributed by atoms with Gasteiger partial charge in [0.2, 0.25) is 0 Å². The van der Waals surface area contributed by atoms with Gasteiger partial charge in [-0.2, -0.15) is 0 Å². The van der Waals surface area contributed by atoms with Crippen molar-refractivity contribution in [2.24, 2.45) is 0 Å². The molecule has 8 nitrogen and oxygen atoms in total. The Balaban J connectivity index is 2.46. The van der Waals surface area contributed by atoms with Gasteiger partial charge in [0.15, 0.2) is 0 Å². The van der Waals surface area contributed by atoms with Gasteiger partial charge in [-0.1, -0.05) is 0 Å². The van der Waals surface area contributed by atoms with E-state index in [9.17, 15) is 14.4 Å². The van der Waals surface area contributed by atoms with E-state index in [2.05, 4.69) is 10.2 Å². The maximum Gasteiger partial charge on any atom is 0.323 e. The van der Waals surface area contributed by atoms with Crippen molar-refractivity contribution in [3.63, 3.8) is 0 Å². The second-order valence-corrected chi connectivity index (χ2v) is 5.00. The van der Waals surface area contributed by atoms with Gasteiger partial charge >= 0.3 is 18.0 Å². The van der Waals surface area contributed by atoms with E-state index in [0.717, 1.165) is 30.8 Å². The molecule has 1 unspecified atom stereocenters. The Bertz CT molecular complexity index is 352. The fourth-order valence-electron chi connectivity index (χ4n) is 2.23. The summed E-state index contributed by atoms with van der Waals surface area (Å²) in [7, 11) is 0. The molecule has 1 aliphatic rings. The Morgan fingerprint density at radius 1 is 1.15 bits per heavy atom. The van der Waals surface area contributed by atoms with E-state index >= 15 is 0 Å². The molecule has 1 atom stereocenters. The summed E-state index contributed by atoms with van der Waals surface area (Å²) in [6.45, 7) is 3.22. The van der Waals surface area contributed by atoms with Crippen LogP contribution in [0.5, 0.6) is 0 Å². The molecule has 1 heterocycles. The molecule has 1 saturated heterocycles. The largest absolute Gasteiger partial charge is 0.480 e. The number of likely N-dealkylation sites (tertiary alicyclic amines) is 1. The van der Waals surface area contributed by atoms with Crippen LogP contribution in [0.2, 0.25) is 0 Å². The van der Waals surface area contributed by atoms with Crippen LogP contribution >= 0.6 is 0 Å². The van der Waals surface area contributed by atoms with Crippen LogP contribution in [0.1, 0.15) is 19.8 Å². The zero-order valence-corrected chi connectivity index (χ0v) is 11.5. The highest BCUT2D eigenvalue weighted by Crippen LogP contribution is 2.07. The van der Waals surface area contributed by atoms with Gasteiger partial charge in [0, 0.05) is 12.6 Å². The molecule has 1 fully saturated rings. The summed E-state index contributed by atoms with van der Waals surface area (Å²) in [5.74, 6) is -2.48. The van der Waals surface area contributed by atoms with Gasteiger partial charge in [0.1, 0.15) is 13.1 Å². The SMILES string of the molecule is CC(CN1CCCC1)NC(=O)N(CC(=O)O)CC(=O)O. The van der Waals surface area contributed by atoms with Crippen LogP contribution in [0.15, 0.2) is 0 Å². The van der Waals surface area contributed by atoms with E-state index in [0.29, 0.717) is 6.54 Å². The van der Waals surface area contributed by atoms with Crippen molar-refractivity contribution < 1.29 is 24.6 Å². The van der Waals surface area contributed by atoms with Gasteiger partial charge in [0.25, 0.3) is 0 Å². The summed E-state index contributed by atoms with van der Waals surface area (Å²) in [6.07, 6.45) is 2.29. The number of nitrogens with zero attached hydrogens (tertiary/aromatic N) is 2. The number of carbonyl (C=O) groups is 3. The molecule has 8 heteroatoms. The molecule has 0 aromatic carbocycles. The number of hydrogen-bond donors (Lipinski definition) is 3. The Morgan fingerprint density at radius 2 is 1.65 bits per heavy atom. The van der Waals surface area contributed by atoms with Crippen LogP contribution in [-0.2, 0) is 9.59 Å². The number of carboxylic acid groups (broad SMARTS) is 2. The summed E-state index contributed by atoms with van der Waals surface area (Å²) < 4.78 is 0. The first kappa shape index (κ1) is 16.2. The van der Waals surface area contributed by atoms with Gasteiger partial charge in [-0.05, 0) is 32.9 Å². The number of amides is 2. The average molecular weight is 287 g/mol. The zero-order chi connectivity index (χ0) is 15.1. The van der Waals surface area contributed by atoms with Crippen LogP contribution < -0.4 is 5.32 Å². The predicted octanol–water partition coefficient (Wildman–Crippen LogP) is -0.348. The summed E-state index contributed by atoms with van der Waals surface area (Å²) in [5, 5.41) is 20.0.